The van der Waals surface area contributed by atoms with Crippen molar-refractivity contribution < 1.29 is 24.5 Å². The van der Waals surface area contributed by atoms with Crippen LogP contribution in [-0.2, 0) is 16.0 Å². The molecule has 1 amide bonds. The number of aromatic nitrogens is 2. The monoisotopic (exact) mass is 401 g/mol. The zero-order valence-electron chi connectivity index (χ0n) is 16.6. The fourth-order valence-corrected chi connectivity index (χ4v) is 4.19. The molecule has 1 spiro atoms. The second kappa shape index (κ2) is 8.22. The molecular formula is C21H27N3O5. The minimum absolute atomic E-state index is 0.0632. The Kier molecular flexibility index (Phi) is 5.67. The van der Waals surface area contributed by atoms with E-state index < -0.39 is 17.8 Å². The summed E-state index contributed by atoms with van der Waals surface area (Å²) in [7, 11) is 1.56. The number of aliphatic hydroxyl groups is 2. The predicted octanol–water partition coefficient (Wildman–Crippen LogP) is 1.07. The van der Waals surface area contributed by atoms with Crippen LogP contribution in [-0.4, -0.2) is 75.6 Å². The molecule has 1 aromatic heterocycles. The van der Waals surface area contributed by atoms with E-state index in [1.165, 1.54) is 0 Å². The Morgan fingerprint density at radius 1 is 1.21 bits per heavy atom. The summed E-state index contributed by atoms with van der Waals surface area (Å²) < 4.78 is 11.2. The maximum atomic E-state index is 12.7. The van der Waals surface area contributed by atoms with Crippen molar-refractivity contribution in [1.29, 1.82) is 0 Å². The summed E-state index contributed by atoms with van der Waals surface area (Å²) in [4.78, 5) is 23.7. The fraction of sp³-hybridized carbons (Fsp3) is 0.571. The van der Waals surface area contributed by atoms with Crippen LogP contribution in [0.2, 0.25) is 0 Å². The number of carbonyl (C=O) groups excluding carboxylic acids is 1. The number of benzene rings is 1. The van der Waals surface area contributed by atoms with Crippen LogP contribution < -0.4 is 4.74 Å². The number of likely N-dealkylation sites (tertiary alicyclic amines) is 1. The van der Waals surface area contributed by atoms with Crippen molar-refractivity contribution in [1.82, 2.24) is 14.9 Å². The van der Waals surface area contributed by atoms with Crippen LogP contribution in [0.1, 0.15) is 31.4 Å². The van der Waals surface area contributed by atoms with Gasteiger partial charge in [0.1, 0.15) is 11.8 Å². The van der Waals surface area contributed by atoms with Gasteiger partial charge in [0.2, 0.25) is 11.8 Å². The molecule has 2 N–H and O–H groups in total. The molecule has 3 heterocycles. The zero-order chi connectivity index (χ0) is 20.4. The number of aliphatic hydroxyl groups excluding tert-OH is 2. The highest BCUT2D eigenvalue weighted by atomic mass is 16.5. The number of hydrogen-bond acceptors (Lipinski definition) is 7. The maximum Gasteiger partial charge on any atom is 0.235 e. The molecule has 4 rings (SSSR count). The van der Waals surface area contributed by atoms with E-state index in [0.717, 1.165) is 11.0 Å². The highest BCUT2D eigenvalue weighted by Gasteiger charge is 2.43. The number of fused-ring (bicyclic) bond motifs is 1. The molecule has 2 saturated heterocycles. The third kappa shape index (κ3) is 4.19. The number of methoxy groups -OCH3 is 1. The van der Waals surface area contributed by atoms with Gasteiger partial charge in [-0.15, -0.1) is 0 Å². The van der Waals surface area contributed by atoms with Crippen molar-refractivity contribution in [3.8, 4) is 5.88 Å². The average Bonchev–Trinajstić information content (AvgIpc) is 2.74. The first kappa shape index (κ1) is 20.0. The molecule has 2 aromatic rings. The Hall–Kier alpha value is -2.29. The van der Waals surface area contributed by atoms with Crippen LogP contribution in [0.3, 0.4) is 0 Å². The number of rotatable bonds is 4. The highest BCUT2D eigenvalue weighted by molar-refractivity contribution is 5.77. The SMILES string of the molecule is COc1nc2ccccc2nc1CCC(=O)N1CCC2(CC1)C[C@@H](O)[C@@H](O)CO2. The Morgan fingerprint density at radius 2 is 1.90 bits per heavy atom. The van der Waals surface area contributed by atoms with Gasteiger partial charge in [-0.2, -0.15) is 0 Å². The Bertz CT molecular complexity index is 882. The molecule has 0 saturated carbocycles. The summed E-state index contributed by atoms with van der Waals surface area (Å²) in [5, 5.41) is 19.6. The quantitative estimate of drug-likeness (QED) is 0.790. The van der Waals surface area contributed by atoms with Gasteiger partial charge in [-0.25, -0.2) is 9.97 Å². The molecule has 2 fully saturated rings. The summed E-state index contributed by atoms with van der Waals surface area (Å²) in [5.74, 6) is 0.519. The Morgan fingerprint density at radius 3 is 2.55 bits per heavy atom. The third-order valence-corrected chi connectivity index (χ3v) is 5.99. The molecule has 29 heavy (non-hydrogen) atoms. The second-order valence-electron chi connectivity index (χ2n) is 7.88. The lowest BCUT2D eigenvalue weighted by molar-refractivity contribution is -0.188. The van der Waals surface area contributed by atoms with Crippen LogP contribution in [0, 0.1) is 0 Å². The highest BCUT2D eigenvalue weighted by Crippen LogP contribution is 2.35. The van der Waals surface area contributed by atoms with E-state index in [1.807, 2.05) is 29.2 Å². The van der Waals surface area contributed by atoms with E-state index in [0.29, 0.717) is 56.8 Å². The first-order chi connectivity index (χ1) is 14.0. The first-order valence-electron chi connectivity index (χ1n) is 10.1. The molecule has 1 aromatic carbocycles. The Balaban J connectivity index is 1.36. The van der Waals surface area contributed by atoms with Crippen molar-refractivity contribution in [2.45, 2.75) is 49.9 Å². The standard InChI is InChI=1S/C21H27N3O5/c1-28-20-16(22-14-4-2-3-5-15(14)23-20)6-7-19(27)24-10-8-21(9-11-24)12-17(25)18(26)13-29-21/h2-5,17-18,25-26H,6-13H2,1H3/t17-,18+/m1/s1. The molecule has 0 radical (unpaired) electrons. The lowest BCUT2D eigenvalue weighted by Gasteiger charge is -2.46. The molecule has 0 aliphatic carbocycles. The molecule has 156 valence electrons. The molecule has 2 aliphatic rings. The van der Waals surface area contributed by atoms with Gasteiger partial charge < -0.3 is 24.6 Å². The van der Waals surface area contributed by atoms with Crippen LogP contribution in [0.5, 0.6) is 5.88 Å². The fourth-order valence-electron chi connectivity index (χ4n) is 4.19. The first-order valence-corrected chi connectivity index (χ1v) is 10.1. The molecule has 2 aliphatic heterocycles. The number of amides is 1. The average molecular weight is 401 g/mol. The van der Waals surface area contributed by atoms with E-state index in [1.54, 1.807) is 7.11 Å². The van der Waals surface area contributed by atoms with Crippen LogP contribution in [0.25, 0.3) is 11.0 Å². The topological polar surface area (TPSA) is 105 Å². The lowest BCUT2D eigenvalue weighted by Crippen LogP contribution is -2.55. The molecule has 0 bridgehead atoms. The summed E-state index contributed by atoms with van der Waals surface area (Å²) in [6.45, 7) is 1.32. The van der Waals surface area contributed by atoms with Crippen molar-refractivity contribution in [2.24, 2.45) is 0 Å². The zero-order valence-corrected chi connectivity index (χ0v) is 16.6. The molecule has 0 unspecified atom stereocenters. The van der Waals surface area contributed by atoms with E-state index in [4.69, 9.17) is 9.47 Å². The van der Waals surface area contributed by atoms with Gasteiger partial charge in [0.05, 0.1) is 36.5 Å². The number of nitrogens with zero attached hydrogens (tertiary/aromatic N) is 3. The third-order valence-electron chi connectivity index (χ3n) is 5.99. The van der Waals surface area contributed by atoms with E-state index >= 15 is 0 Å². The summed E-state index contributed by atoms with van der Waals surface area (Å²) in [6, 6.07) is 7.59. The molecule has 8 nitrogen and oxygen atoms in total. The van der Waals surface area contributed by atoms with Crippen molar-refractivity contribution in [2.75, 3.05) is 26.8 Å². The number of para-hydroxylation sites is 2. The van der Waals surface area contributed by atoms with Crippen LogP contribution >= 0.6 is 0 Å². The van der Waals surface area contributed by atoms with Crippen molar-refractivity contribution >= 4 is 16.9 Å². The normalized spacial score (nSPS) is 24.0. The van der Waals surface area contributed by atoms with Gasteiger partial charge in [-0.1, -0.05) is 12.1 Å². The minimum Gasteiger partial charge on any atom is -0.480 e. The van der Waals surface area contributed by atoms with Crippen LogP contribution in [0.15, 0.2) is 24.3 Å². The minimum atomic E-state index is -0.821. The van der Waals surface area contributed by atoms with Crippen molar-refractivity contribution in [3.63, 3.8) is 0 Å². The summed E-state index contributed by atoms with van der Waals surface area (Å²) >= 11 is 0. The number of hydrogen-bond donors (Lipinski definition) is 2. The summed E-state index contributed by atoms with van der Waals surface area (Å²) in [5.41, 5.74) is 1.80. The van der Waals surface area contributed by atoms with Gasteiger partial charge in [0, 0.05) is 32.4 Å². The lowest BCUT2D eigenvalue weighted by atomic mass is 9.82. The summed E-state index contributed by atoms with van der Waals surface area (Å²) in [6.07, 6.45) is 0.966. The largest absolute Gasteiger partial charge is 0.480 e. The van der Waals surface area contributed by atoms with Gasteiger partial charge >= 0.3 is 0 Å². The van der Waals surface area contributed by atoms with Gasteiger partial charge in [0.15, 0.2) is 0 Å². The molecule has 8 heteroatoms. The number of aryl methyl sites for hydroxylation is 1. The van der Waals surface area contributed by atoms with E-state index in [2.05, 4.69) is 9.97 Å². The van der Waals surface area contributed by atoms with Crippen LogP contribution in [0.4, 0.5) is 0 Å². The van der Waals surface area contributed by atoms with Gasteiger partial charge in [-0.05, 0) is 25.0 Å². The molecular weight excluding hydrogens is 374 g/mol. The number of carbonyl (C=O) groups is 1. The van der Waals surface area contributed by atoms with Gasteiger partial charge in [-0.3, -0.25) is 4.79 Å². The van der Waals surface area contributed by atoms with E-state index in [9.17, 15) is 15.0 Å². The predicted molar refractivity (Wildman–Crippen MR) is 106 cm³/mol. The maximum absolute atomic E-state index is 12.7. The number of ether oxygens (including phenoxy) is 2. The van der Waals surface area contributed by atoms with E-state index in [-0.39, 0.29) is 12.5 Å². The van der Waals surface area contributed by atoms with Gasteiger partial charge in [0.25, 0.3) is 0 Å². The number of piperidine rings is 1. The second-order valence-corrected chi connectivity index (χ2v) is 7.88. The molecule has 2 atom stereocenters. The van der Waals surface area contributed by atoms with Crippen molar-refractivity contribution in [3.05, 3.63) is 30.0 Å². The Labute approximate surface area is 169 Å². The smallest absolute Gasteiger partial charge is 0.235 e.